The molecule has 1 unspecified atom stereocenters. The molecule has 0 aromatic carbocycles. The Morgan fingerprint density at radius 1 is 1.39 bits per heavy atom. The van der Waals surface area contributed by atoms with Gasteiger partial charge in [-0.1, -0.05) is 0 Å². The van der Waals surface area contributed by atoms with E-state index in [-0.39, 0.29) is 0 Å². The summed E-state index contributed by atoms with van der Waals surface area (Å²) >= 11 is 1.68. The third-order valence-electron chi connectivity index (χ3n) is 2.88. The van der Waals surface area contributed by atoms with E-state index in [1.165, 1.54) is 5.56 Å². The predicted octanol–water partition coefficient (Wildman–Crippen LogP) is 2.45. The number of anilines is 1. The largest absolute Gasteiger partial charge is 0.347 e. The Labute approximate surface area is 112 Å². The van der Waals surface area contributed by atoms with Crippen LogP contribution in [0.4, 0.5) is 5.13 Å². The Kier molecular flexibility index (Phi) is 4.28. The number of nitrogens with zero attached hydrogens (tertiary/aromatic N) is 3. The SMILES string of the molecule is CNC(C)c1csc(N(C)Cc2ccncc2)n1. The van der Waals surface area contributed by atoms with Crippen molar-refractivity contribution in [2.75, 3.05) is 19.0 Å². The minimum absolute atomic E-state index is 0.296. The zero-order valence-corrected chi connectivity index (χ0v) is 11.7. The first-order chi connectivity index (χ1) is 8.70. The van der Waals surface area contributed by atoms with Gasteiger partial charge in [0, 0.05) is 37.4 Å². The fourth-order valence-electron chi connectivity index (χ4n) is 1.63. The molecular formula is C13H18N4S. The van der Waals surface area contributed by atoms with Crippen LogP contribution in [0.2, 0.25) is 0 Å². The van der Waals surface area contributed by atoms with E-state index in [0.717, 1.165) is 17.4 Å². The molecule has 2 aromatic heterocycles. The van der Waals surface area contributed by atoms with E-state index in [4.69, 9.17) is 0 Å². The van der Waals surface area contributed by atoms with Crippen molar-refractivity contribution < 1.29 is 0 Å². The summed E-state index contributed by atoms with van der Waals surface area (Å²) in [5.41, 5.74) is 2.34. The van der Waals surface area contributed by atoms with E-state index in [0.29, 0.717) is 6.04 Å². The molecule has 0 aliphatic rings. The first-order valence-electron chi connectivity index (χ1n) is 5.93. The number of pyridine rings is 1. The fraction of sp³-hybridized carbons (Fsp3) is 0.385. The third kappa shape index (κ3) is 3.05. The number of aromatic nitrogens is 2. The van der Waals surface area contributed by atoms with Gasteiger partial charge in [-0.2, -0.15) is 0 Å². The molecule has 0 saturated carbocycles. The van der Waals surface area contributed by atoms with E-state index in [1.54, 1.807) is 11.3 Å². The van der Waals surface area contributed by atoms with Gasteiger partial charge in [0.05, 0.1) is 5.69 Å². The highest BCUT2D eigenvalue weighted by molar-refractivity contribution is 7.13. The van der Waals surface area contributed by atoms with Crippen molar-refractivity contribution in [3.63, 3.8) is 0 Å². The smallest absolute Gasteiger partial charge is 0.185 e. The Hall–Kier alpha value is -1.46. The molecule has 2 aromatic rings. The number of rotatable bonds is 5. The molecule has 0 spiro atoms. The number of hydrogen-bond acceptors (Lipinski definition) is 5. The maximum absolute atomic E-state index is 4.64. The van der Waals surface area contributed by atoms with E-state index in [1.807, 2.05) is 31.6 Å². The summed E-state index contributed by atoms with van der Waals surface area (Å²) in [6, 6.07) is 4.35. The molecule has 0 saturated heterocycles. The third-order valence-corrected chi connectivity index (χ3v) is 3.86. The van der Waals surface area contributed by atoms with Crippen LogP contribution in [0.15, 0.2) is 29.9 Å². The lowest BCUT2D eigenvalue weighted by Crippen LogP contribution is -2.17. The first kappa shape index (κ1) is 13.0. The van der Waals surface area contributed by atoms with Gasteiger partial charge < -0.3 is 10.2 Å². The molecule has 1 N–H and O–H groups in total. The van der Waals surface area contributed by atoms with E-state index < -0.39 is 0 Å². The van der Waals surface area contributed by atoms with Crippen LogP contribution < -0.4 is 10.2 Å². The van der Waals surface area contributed by atoms with Crippen LogP contribution in [0.5, 0.6) is 0 Å². The average Bonchev–Trinajstić information content (AvgIpc) is 2.88. The van der Waals surface area contributed by atoms with Gasteiger partial charge in [-0.15, -0.1) is 11.3 Å². The van der Waals surface area contributed by atoms with Crippen molar-refractivity contribution in [3.8, 4) is 0 Å². The minimum atomic E-state index is 0.296. The van der Waals surface area contributed by atoms with Crippen molar-refractivity contribution in [1.29, 1.82) is 0 Å². The summed E-state index contributed by atoms with van der Waals surface area (Å²) < 4.78 is 0. The summed E-state index contributed by atoms with van der Waals surface area (Å²) in [7, 11) is 4.01. The van der Waals surface area contributed by atoms with E-state index >= 15 is 0 Å². The molecule has 0 aliphatic carbocycles. The second-order valence-corrected chi connectivity index (χ2v) is 5.11. The molecule has 0 aliphatic heterocycles. The molecule has 5 heteroatoms. The van der Waals surface area contributed by atoms with Crippen LogP contribution in [0.1, 0.15) is 24.2 Å². The standard InChI is InChI=1S/C13H18N4S/c1-10(14-2)12-9-18-13(16-12)17(3)8-11-4-6-15-7-5-11/h4-7,9-10,14H,8H2,1-3H3. The molecule has 0 bridgehead atoms. The molecule has 18 heavy (non-hydrogen) atoms. The predicted molar refractivity (Wildman–Crippen MR) is 75.9 cm³/mol. The van der Waals surface area contributed by atoms with Crippen LogP contribution in [0.3, 0.4) is 0 Å². The number of nitrogens with one attached hydrogen (secondary N) is 1. The number of hydrogen-bond donors (Lipinski definition) is 1. The van der Waals surface area contributed by atoms with E-state index in [9.17, 15) is 0 Å². The molecule has 1 atom stereocenters. The Morgan fingerprint density at radius 3 is 2.78 bits per heavy atom. The van der Waals surface area contributed by atoms with Crippen LogP contribution in [-0.4, -0.2) is 24.1 Å². The van der Waals surface area contributed by atoms with Crippen LogP contribution in [0, 0.1) is 0 Å². The quantitative estimate of drug-likeness (QED) is 0.898. The lowest BCUT2D eigenvalue weighted by Gasteiger charge is -2.15. The Balaban J connectivity index is 2.05. The zero-order valence-electron chi connectivity index (χ0n) is 10.9. The molecule has 0 amide bonds. The van der Waals surface area contributed by atoms with Crippen molar-refractivity contribution in [1.82, 2.24) is 15.3 Å². The van der Waals surface area contributed by atoms with Crippen molar-refractivity contribution >= 4 is 16.5 Å². The summed E-state index contributed by atoms with van der Waals surface area (Å²) in [6.07, 6.45) is 3.64. The highest BCUT2D eigenvalue weighted by Gasteiger charge is 2.11. The maximum atomic E-state index is 4.64. The minimum Gasteiger partial charge on any atom is -0.347 e. The highest BCUT2D eigenvalue weighted by Crippen LogP contribution is 2.24. The summed E-state index contributed by atoms with van der Waals surface area (Å²) in [5.74, 6) is 0. The van der Waals surface area contributed by atoms with E-state index in [2.05, 4.69) is 39.5 Å². The van der Waals surface area contributed by atoms with Crippen LogP contribution >= 0.6 is 11.3 Å². The topological polar surface area (TPSA) is 41.0 Å². The van der Waals surface area contributed by atoms with Crippen molar-refractivity contribution in [3.05, 3.63) is 41.2 Å². The molecule has 0 fully saturated rings. The van der Waals surface area contributed by atoms with Gasteiger partial charge in [0.25, 0.3) is 0 Å². The van der Waals surface area contributed by atoms with Gasteiger partial charge in [-0.3, -0.25) is 4.98 Å². The van der Waals surface area contributed by atoms with Gasteiger partial charge in [-0.05, 0) is 31.7 Å². The molecular weight excluding hydrogens is 244 g/mol. The molecule has 96 valence electrons. The van der Waals surface area contributed by atoms with Gasteiger partial charge in [-0.25, -0.2) is 4.98 Å². The Bertz CT molecular complexity index is 483. The Morgan fingerprint density at radius 2 is 2.11 bits per heavy atom. The first-order valence-corrected chi connectivity index (χ1v) is 6.81. The monoisotopic (exact) mass is 262 g/mol. The molecule has 0 radical (unpaired) electrons. The van der Waals surface area contributed by atoms with Crippen molar-refractivity contribution in [2.24, 2.45) is 0 Å². The van der Waals surface area contributed by atoms with Gasteiger partial charge >= 0.3 is 0 Å². The second-order valence-electron chi connectivity index (χ2n) is 4.28. The van der Waals surface area contributed by atoms with Gasteiger partial charge in [0.1, 0.15) is 0 Å². The number of thiazole rings is 1. The molecule has 4 nitrogen and oxygen atoms in total. The summed E-state index contributed by atoms with van der Waals surface area (Å²) in [6.45, 7) is 2.96. The van der Waals surface area contributed by atoms with Crippen LogP contribution in [-0.2, 0) is 6.54 Å². The highest BCUT2D eigenvalue weighted by atomic mass is 32.1. The van der Waals surface area contributed by atoms with Crippen molar-refractivity contribution in [2.45, 2.75) is 19.5 Å². The maximum Gasteiger partial charge on any atom is 0.185 e. The average molecular weight is 262 g/mol. The summed E-state index contributed by atoms with van der Waals surface area (Å²) in [5, 5.41) is 6.36. The lowest BCUT2D eigenvalue weighted by atomic mass is 10.2. The molecule has 2 rings (SSSR count). The van der Waals surface area contributed by atoms with Gasteiger partial charge in [0.15, 0.2) is 5.13 Å². The lowest BCUT2D eigenvalue weighted by molar-refractivity contribution is 0.636. The normalized spacial score (nSPS) is 12.4. The fourth-order valence-corrected chi connectivity index (χ4v) is 2.51. The zero-order chi connectivity index (χ0) is 13.0. The molecule has 2 heterocycles. The summed E-state index contributed by atoms with van der Waals surface area (Å²) in [4.78, 5) is 10.8. The van der Waals surface area contributed by atoms with Gasteiger partial charge in [0.2, 0.25) is 0 Å². The van der Waals surface area contributed by atoms with Crippen LogP contribution in [0.25, 0.3) is 0 Å². The second kappa shape index (κ2) is 5.93.